The number of ether oxygens (including phenoxy) is 1. The lowest BCUT2D eigenvalue weighted by molar-refractivity contribution is 0.402. The minimum atomic E-state index is -0.222. The second-order valence-electron chi connectivity index (χ2n) is 2.70. The predicted molar refractivity (Wildman–Crippen MR) is 50.3 cm³/mol. The molecule has 0 bridgehead atoms. The fourth-order valence-corrected chi connectivity index (χ4v) is 1.15. The average molecular weight is 183 g/mol. The first-order valence-electron chi connectivity index (χ1n) is 4.31. The Morgan fingerprint density at radius 2 is 2.23 bits per heavy atom. The van der Waals surface area contributed by atoms with Crippen LogP contribution in [0, 0.1) is 5.82 Å². The summed E-state index contributed by atoms with van der Waals surface area (Å²) in [5.74, 6) is 0.376. The van der Waals surface area contributed by atoms with Crippen molar-refractivity contribution in [2.45, 2.75) is 13.5 Å². The summed E-state index contributed by atoms with van der Waals surface area (Å²) in [6.45, 7) is 3.30. The Morgan fingerprint density at radius 3 is 2.85 bits per heavy atom. The van der Waals surface area contributed by atoms with Crippen LogP contribution in [0.25, 0.3) is 0 Å². The summed E-state index contributed by atoms with van der Waals surface area (Å²) in [6.07, 6.45) is 0. The van der Waals surface area contributed by atoms with Crippen LogP contribution in [-0.4, -0.2) is 13.7 Å². The van der Waals surface area contributed by atoms with E-state index in [0.29, 0.717) is 17.9 Å². The summed E-state index contributed by atoms with van der Waals surface area (Å²) in [6, 6.07) is 4.84. The van der Waals surface area contributed by atoms with E-state index in [-0.39, 0.29) is 5.82 Å². The first kappa shape index (κ1) is 9.99. The number of hydrogen-bond acceptors (Lipinski definition) is 2. The molecule has 13 heavy (non-hydrogen) atoms. The summed E-state index contributed by atoms with van der Waals surface area (Å²) < 4.78 is 18.3. The van der Waals surface area contributed by atoms with Crippen molar-refractivity contribution in [2.75, 3.05) is 13.7 Å². The molecule has 1 rings (SSSR count). The largest absolute Gasteiger partial charge is 0.496 e. The van der Waals surface area contributed by atoms with E-state index in [0.717, 1.165) is 6.54 Å². The van der Waals surface area contributed by atoms with E-state index in [4.69, 9.17) is 4.74 Å². The minimum Gasteiger partial charge on any atom is -0.496 e. The predicted octanol–water partition coefficient (Wildman–Crippen LogP) is 1.94. The second-order valence-corrected chi connectivity index (χ2v) is 2.70. The Bertz CT molecular complexity index is 276. The molecule has 0 saturated carbocycles. The van der Waals surface area contributed by atoms with Gasteiger partial charge >= 0.3 is 0 Å². The van der Waals surface area contributed by atoms with Crippen molar-refractivity contribution in [2.24, 2.45) is 0 Å². The number of halogens is 1. The minimum absolute atomic E-state index is 0.222. The van der Waals surface area contributed by atoms with Crippen LogP contribution >= 0.6 is 0 Å². The summed E-state index contributed by atoms with van der Waals surface area (Å²) >= 11 is 0. The molecule has 0 aromatic heterocycles. The molecule has 0 aliphatic heterocycles. The van der Waals surface area contributed by atoms with Gasteiger partial charge in [0.1, 0.15) is 11.6 Å². The maximum absolute atomic E-state index is 13.2. The third kappa shape index (κ3) is 2.42. The average Bonchev–Trinajstić information content (AvgIpc) is 2.15. The molecule has 0 aliphatic rings. The molecule has 0 atom stereocenters. The lowest BCUT2D eigenvalue weighted by atomic mass is 10.2. The van der Waals surface area contributed by atoms with Gasteiger partial charge in [-0.3, -0.25) is 0 Å². The van der Waals surface area contributed by atoms with Gasteiger partial charge in [-0.2, -0.15) is 0 Å². The van der Waals surface area contributed by atoms with Gasteiger partial charge in [0.15, 0.2) is 0 Å². The van der Waals surface area contributed by atoms with Crippen LogP contribution in [0.15, 0.2) is 18.2 Å². The molecule has 1 aromatic rings. The van der Waals surface area contributed by atoms with Crippen LogP contribution in [0.2, 0.25) is 0 Å². The SMILES string of the molecule is CCNCc1c(F)cccc1OC. The van der Waals surface area contributed by atoms with Gasteiger partial charge in [0.05, 0.1) is 7.11 Å². The number of benzene rings is 1. The molecule has 72 valence electrons. The number of hydrogen-bond donors (Lipinski definition) is 1. The molecule has 2 nitrogen and oxygen atoms in total. The van der Waals surface area contributed by atoms with Crippen molar-refractivity contribution >= 4 is 0 Å². The Kier molecular flexibility index (Phi) is 3.71. The normalized spacial score (nSPS) is 10.1. The molecule has 1 aromatic carbocycles. The molecule has 0 heterocycles. The lowest BCUT2D eigenvalue weighted by Crippen LogP contribution is -2.13. The topological polar surface area (TPSA) is 21.3 Å². The fourth-order valence-electron chi connectivity index (χ4n) is 1.15. The zero-order valence-corrected chi connectivity index (χ0v) is 7.93. The summed E-state index contributed by atoms with van der Waals surface area (Å²) in [5.41, 5.74) is 0.590. The Morgan fingerprint density at radius 1 is 1.46 bits per heavy atom. The third-order valence-corrected chi connectivity index (χ3v) is 1.85. The van der Waals surface area contributed by atoms with Crippen LogP contribution in [0.3, 0.4) is 0 Å². The van der Waals surface area contributed by atoms with E-state index in [1.165, 1.54) is 6.07 Å². The van der Waals surface area contributed by atoms with Gasteiger partial charge in [-0.05, 0) is 18.7 Å². The molecule has 0 amide bonds. The molecule has 0 saturated heterocycles. The highest BCUT2D eigenvalue weighted by atomic mass is 19.1. The van der Waals surface area contributed by atoms with E-state index in [1.807, 2.05) is 6.92 Å². The van der Waals surface area contributed by atoms with Crippen molar-refractivity contribution in [1.29, 1.82) is 0 Å². The van der Waals surface area contributed by atoms with Gasteiger partial charge in [-0.1, -0.05) is 13.0 Å². The van der Waals surface area contributed by atoms with Crippen molar-refractivity contribution < 1.29 is 9.13 Å². The van der Waals surface area contributed by atoms with Crippen molar-refractivity contribution in [3.05, 3.63) is 29.6 Å². The second kappa shape index (κ2) is 4.82. The Balaban J connectivity index is 2.87. The van der Waals surface area contributed by atoms with Crippen LogP contribution in [0.5, 0.6) is 5.75 Å². The van der Waals surface area contributed by atoms with E-state index in [9.17, 15) is 4.39 Å². The van der Waals surface area contributed by atoms with Crippen LogP contribution in [-0.2, 0) is 6.54 Å². The first-order valence-corrected chi connectivity index (χ1v) is 4.31. The smallest absolute Gasteiger partial charge is 0.131 e. The maximum Gasteiger partial charge on any atom is 0.131 e. The molecule has 1 N–H and O–H groups in total. The Labute approximate surface area is 77.7 Å². The Hall–Kier alpha value is -1.09. The summed E-state index contributed by atoms with van der Waals surface area (Å²) in [7, 11) is 1.55. The zero-order chi connectivity index (χ0) is 9.68. The quantitative estimate of drug-likeness (QED) is 0.770. The standard InChI is InChI=1S/C10H14FNO/c1-3-12-7-8-9(11)5-4-6-10(8)13-2/h4-6,12H,3,7H2,1-2H3. The molecular weight excluding hydrogens is 169 g/mol. The first-order chi connectivity index (χ1) is 6.29. The van der Waals surface area contributed by atoms with E-state index >= 15 is 0 Å². The number of methoxy groups -OCH3 is 1. The lowest BCUT2D eigenvalue weighted by Gasteiger charge is -2.09. The molecule has 0 unspecified atom stereocenters. The monoisotopic (exact) mass is 183 g/mol. The number of rotatable bonds is 4. The molecular formula is C10H14FNO. The fraction of sp³-hybridized carbons (Fsp3) is 0.400. The van der Waals surface area contributed by atoms with E-state index < -0.39 is 0 Å². The van der Waals surface area contributed by atoms with Crippen molar-refractivity contribution in [1.82, 2.24) is 5.32 Å². The van der Waals surface area contributed by atoms with Gasteiger partial charge in [0, 0.05) is 12.1 Å². The van der Waals surface area contributed by atoms with Gasteiger partial charge in [0.2, 0.25) is 0 Å². The summed E-state index contributed by atoms with van der Waals surface area (Å²) in [4.78, 5) is 0. The molecule has 0 fully saturated rings. The summed E-state index contributed by atoms with van der Waals surface area (Å²) in [5, 5.41) is 3.06. The maximum atomic E-state index is 13.2. The highest BCUT2D eigenvalue weighted by Gasteiger charge is 2.06. The van der Waals surface area contributed by atoms with E-state index in [1.54, 1.807) is 19.2 Å². The highest BCUT2D eigenvalue weighted by molar-refractivity contribution is 5.34. The van der Waals surface area contributed by atoms with Crippen LogP contribution < -0.4 is 10.1 Å². The third-order valence-electron chi connectivity index (χ3n) is 1.85. The van der Waals surface area contributed by atoms with Gasteiger partial charge in [-0.25, -0.2) is 4.39 Å². The molecule has 0 aliphatic carbocycles. The number of nitrogens with one attached hydrogen (secondary N) is 1. The van der Waals surface area contributed by atoms with Crippen LogP contribution in [0.1, 0.15) is 12.5 Å². The van der Waals surface area contributed by atoms with Gasteiger partial charge < -0.3 is 10.1 Å². The molecule has 0 radical (unpaired) electrons. The van der Waals surface area contributed by atoms with E-state index in [2.05, 4.69) is 5.32 Å². The van der Waals surface area contributed by atoms with Gasteiger partial charge in [-0.15, -0.1) is 0 Å². The highest BCUT2D eigenvalue weighted by Crippen LogP contribution is 2.20. The molecule has 3 heteroatoms. The molecule has 0 spiro atoms. The zero-order valence-electron chi connectivity index (χ0n) is 7.93. The van der Waals surface area contributed by atoms with Crippen molar-refractivity contribution in [3.8, 4) is 5.75 Å². The van der Waals surface area contributed by atoms with Crippen molar-refractivity contribution in [3.63, 3.8) is 0 Å². The van der Waals surface area contributed by atoms with Crippen LogP contribution in [0.4, 0.5) is 4.39 Å². The van der Waals surface area contributed by atoms with Gasteiger partial charge in [0.25, 0.3) is 0 Å².